The average molecular weight is 234 g/mol. The van der Waals surface area contributed by atoms with Gasteiger partial charge >= 0.3 is 0 Å². The molecule has 0 spiro atoms. The molecule has 0 saturated heterocycles. The summed E-state index contributed by atoms with van der Waals surface area (Å²) in [5.41, 5.74) is 1.28. The number of hydrogen-bond donors (Lipinski definition) is 1. The highest BCUT2D eigenvalue weighted by molar-refractivity contribution is 5.15. The molecule has 0 aliphatic rings. The Labute approximate surface area is 101 Å². The molecule has 0 aliphatic carbocycles. The fraction of sp³-hybridized carbons (Fsp3) is 0.500. The Bertz CT molecular complexity index is 470. The molecule has 5 heteroatoms. The first-order valence-corrected chi connectivity index (χ1v) is 5.85. The molecule has 1 atom stereocenters. The van der Waals surface area contributed by atoms with Gasteiger partial charge in [-0.1, -0.05) is 6.92 Å². The summed E-state index contributed by atoms with van der Waals surface area (Å²) < 4.78 is 7.41. The Morgan fingerprint density at radius 1 is 1.47 bits per heavy atom. The lowest BCUT2D eigenvalue weighted by Crippen LogP contribution is -2.14. The van der Waals surface area contributed by atoms with Crippen LogP contribution in [-0.4, -0.2) is 21.8 Å². The maximum absolute atomic E-state index is 5.35. The molecule has 17 heavy (non-hydrogen) atoms. The fourth-order valence-corrected chi connectivity index (χ4v) is 1.93. The second-order valence-electron chi connectivity index (χ2n) is 4.08. The van der Waals surface area contributed by atoms with Gasteiger partial charge in [0.05, 0.1) is 0 Å². The lowest BCUT2D eigenvalue weighted by molar-refractivity contribution is 0.454. The van der Waals surface area contributed by atoms with Gasteiger partial charge in [-0.25, -0.2) is 0 Å². The highest BCUT2D eigenvalue weighted by Crippen LogP contribution is 2.16. The number of nitrogens with one attached hydrogen (secondary N) is 1. The van der Waals surface area contributed by atoms with Crippen LogP contribution in [0, 0.1) is 6.92 Å². The van der Waals surface area contributed by atoms with E-state index in [-0.39, 0.29) is 0 Å². The molecule has 0 saturated carbocycles. The Balaban J connectivity index is 2.08. The zero-order chi connectivity index (χ0) is 12.3. The largest absolute Gasteiger partial charge is 0.424 e. The summed E-state index contributed by atoms with van der Waals surface area (Å²) in [6.45, 7) is 4.59. The zero-order valence-corrected chi connectivity index (χ0v) is 10.5. The minimum atomic E-state index is 0.403. The highest BCUT2D eigenvalue weighted by atomic mass is 16.4. The van der Waals surface area contributed by atoms with Crippen molar-refractivity contribution in [3.63, 3.8) is 0 Å². The summed E-state index contributed by atoms with van der Waals surface area (Å²) in [6.07, 6.45) is 5.22. The summed E-state index contributed by atoms with van der Waals surface area (Å²) in [5.74, 6) is 1.25. The average Bonchev–Trinajstić information content (AvgIpc) is 2.91. The van der Waals surface area contributed by atoms with E-state index in [1.165, 1.54) is 5.56 Å². The van der Waals surface area contributed by atoms with Crippen LogP contribution in [0.3, 0.4) is 0 Å². The molecule has 2 heterocycles. The molecule has 0 aromatic carbocycles. The number of aromatic nitrogens is 3. The maximum Gasteiger partial charge on any atom is 0.236 e. The van der Waals surface area contributed by atoms with E-state index in [2.05, 4.69) is 39.3 Å². The van der Waals surface area contributed by atoms with E-state index in [1.54, 1.807) is 6.92 Å². The normalized spacial score (nSPS) is 12.9. The minimum Gasteiger partial charge on any atom is -0.424 e. The number of rotatable bonds is 5. The van der Waals surface area contributed by atoms with E-state index in [0.29, 0.717) is 24.4 Å². The van der Waals surface area contributed by atoms with Crippen LogP contribution in [0.4, 0.5) is 0 Å². The van der Waals surface area contributed by atoms with Gasteiger partial charge in [-0.15, -0.1) is 10.2 Å². The highest BCUT2D eigenvalue weighted by Gasteiger charge is 2.09. The van der Waals surface area contributed by atoms with Gasteiger partial charge in [0.2, 0.25) is 11.8 Å². The van der Waals surface area contributed by atoms with Gasteiger partial charge in [0.25, 0.3) is 0 Å². The molecule has 92 valence electrons. The van der Waals surface area contributed by atoms with Crippen molar-refractivity contribution in [2.24, 2.45) is 0 Å². The Kier molecular flexibility index (Phi) is 3.58. The molecular weight excluding hydrogens is 216 g/mol. The summed E-state index contributed by atoms with van der Waals surface area (Å²) in [6, 6.07) is 2.52. The quantitative estimate of drug-likeness (QED) is 0.858. The van der Waals surface area contributed by atoms with Crippen LogP contribution in [0.25, 0.3) is 0 Å². The molecule has 2 aromatic rings. The van der Waals surface area contributed by atoms with Gasteiger partial charge in [-0.2, -0.15) is 0 Å². The van der Waals surface area contributed by atoms with E-state index in [0.717, 1.165) is 6.42 Å². The topological polar surface area (TPSA) is 55.9 Å². The second-order valence-corrected chi connectivity index (χ2v) is 4.08. The molecule has 0 aliphatic heterocycles. The van der Waals surface area contributed by atoms with Crippen LogP contribution in [0.2, 0.25) is 0 Å². The lowest BCUT2D eigenvalue weighted by Gasteiger charge is -2.11. The number of aryl methyl sites for hydroxylation is 1. The molecular formula is C12H18N4O. The smallest absolute Gasteiger partial charge is 0.236 e. The third-order valence-electron chi connectivity index (χ3n) is 2.82. The maximum atomic E-state index is 5.35. The standard InChI is InChI=1S/C12H18N4O/c1-4-11(13-3)10-5-6-16(7-10)8-12-15-14-9(2)17-12/h5-7,11,13H,4,8H2,1-3H3. The third-order valence-corrected chi connectivity index (χ3v) is 2.82. The van der Waals surface area contributed by atoms with Crippen LogP contribution < -0.4 is 5.32 Å². The van der Waals surface area contributed by atoms with Gasteiger partial charge < -0.3 is 14.3 Å². The van der Waals surface area contributed by atoms with Crippen molar-refractivity contribution in [1.82, 2.24) is 20.1 Å². The van der Waals surface area contributed by atoms with Crippen LogP contribution in [0.15, 0.2) is 22.9 Å². The van der Waals surface area contributed by atoms with E-state index in [9.17, 15) is 0 Å². The van der Waals surface area contributed by atoms with Crippen molar-refractivity contribution in [2.75, 3.05) is 7.05 Å². The number of nitrogens with zero attached hydrogens (tertiary/aromatic N) is 3. The molecule has 5 nitrogen and oxygen atoms in total. The van der Waals surface area contributed by atoms with Crippen molar-refractivity contribution >= 4 is 0 Å². The van der Waals surface area contributed by atoms with Gasteiger partial charge in [0, 0.05) is 25.4 Å². The van der Waals surface area contributed by atoms with Crippen molar-refractivity contribution in [1.29, 1.82) is 0 Å². The summed E-state index contributed by atoms with van der Waals surface area (Å²) in [5, 5.41) is 11.1. The molecule has 0 bridgehead atoms. The fourth-order valence-electron chi connectivity index (χ4n) is 1.93. The Morgan fingerprint density at radius 3 is 2.88 bits per heavy atom. The van der Waals surface area contributed by atoms with E-state index in [1.807, 2.05) is 13.2 Å². The molecule has 0 amide bonds. The molecule has 2 rings (SSSR count). The van der Waals surface area contributed by atoms with Crippen molar-refractivity contribution in [3.05, 3.63) is 35.8 Å². The van der Waals surface area contributed by atoms with E-state index < -0.39 is 0 Å². The second kappa shape index (κ2) is 5.14. The third kappa shape index (κ3) is 2.74. The van der Waals surface area contributed by atoms with Crippen LogP contribution in [0.5, 0.6) is 0 Å². The lowest BCUT2D eigenvalue weighted by atomic mass is 10.1. The van der Waals surface area contributed by atoms with Crippen LogP contribution in [0.1, 0.15) is 36.7 Å². The molecule has 1 unspecified atom stereocenters. The molecule has 1 N–H and O–H groups in total. The minimum absolute atomic E-state index is 0.403. The Hall–Kier alpha value is -1.62. The van der Waals surface area contributed by atoms with Gasteiger partial charge in [0.1, 0.15) is 6.54 Å². The first kappa shape index (κ1) is 11.9. The zero-order valence-electron chi connectivity index (χ0n) is 10.5. The van der Waals surface area contributed by atoms with Crippen molar-refractivity contribution in [2.45, 2.75) is 32.9 Å². The van der Waals surface area contributed by atoms with Crippen LogP contribution >= 0.6 is 0 Å². The first-order valence-electron chi connectivity index (χ1n) is 5.85. The first-order chi connectivity index (χ1) is 8.22. The van der Waals surface area contributed by atoms with Gasteiger partial charge in [-0.3, -0.25) is 0 Å². The molecule has 0 fully saturated rings. The van der Waals surface area contributed by atoms with E-state index >= 15 is 0 Å². The predicted octanol–water partition coefficient (Wildman–Crippen LogP) is 1.90. The van der Waals surface area contributed by atoms with E-state index in [4.69, 9.17) is 4.42 Å². The van der Waals surface area contributed by atoms with Gasteiger partial charge in [-0.05, 0) is 25.1 Å². The predicted molar refractivity (Wildman–Crippen MR) is 64.7 cm³/mol. The van der Waals surface area contributed by atoms with Crippen molar-refractivity contribution < 1.29 is 4.42 Å². The SMILES string of the molecule is CCC(NC)c1ccn(Cc2nnc(C)o2)c1. The molecule has 2 aromatic heterocycles. The van der Waals surface area contributed by atoms with Crippen LogP contribution in [-0.2, 0) is 6.54 Å². The summed E-state index contributed by atoms with van der Waals surface area (Å²) in [7, 11) is 1.98. The van der Waals surface area contributed by atoms with Gasteiger partial charge in [0.15, 0.2) is 0 Å². The summed E-state index contributed by atoms with van der Waals surface area (Å²) in [4.78, 5) is 0. The monoisotopic (exact) mass is 234 g/mol. The summed E-state index contributed by atoms with van der Waals surface area (Å²) >= 11 is 0. The number of hydrogen-bond acceptors (Lipinski definition) is 4. The Morgan fingerprint density at radius 2 is 2.29 bits per heavy atom. The van der Waals surface area contributed by atoms with Crippen molar-refractivity contribution in [3.8, 4) is 0 Å². The molecule has 0 radical (unpaired) electrons.